The van der Waals surface area contributed by atoms with Crippen molar-refractivity contribution >= 4 is 23.0 Å². The third-order valence-electron chi connectivity index (χ3n) is 7.63. The Morgan fingerprint density at radius 2 is 1.97 bits per heavy atom. The van der Waals surface area contributed by atoms with Gasteiger partial charge in [0, 0.05) is 31.3 Å². The van der Waals surface area contributed by atoms with Gasteiger partial charge in [-0.1, -0.05) is 0 Å². The van der Waals surface area contributed by atoms with Crippen LogP contribution < -0.4 is 16.0 Å². The van der Waals surface area contributed by atoms with E-state index in [-0.39, 0.29) is 29.1 Å². The molecule has 0 radical (unpaired) electrons. The standard InChI is InChI=1S/C27H30FN7O3/c1-16(36)33-26-13-27(14-26,15-26)34-20-8-21(22-6-5-18-7-17(9-29)10-32-35(18)22)30-11-19(20)24(37)31-12-23(28)25(2,3)38-4/h5-8,10-11,23H,12-15H2,1-4H3,(H,30,34)(H,31,37)(H,33,36)/t23-,26?,27?/m1/s1. The van der Waals surface area contributed by atoms with Crippen molar-refractivity contribution in [1.82, 2.24) is 25.2 Å². The Kier molecular flexibility index (Phi) is 6.10. The third-order valence-corrected chi connectivity index (χ3v) is 7.63. The maximum atomic E-state index is 14.7. The fourth-order valence-corrected chi connectivity index (χ4v) is 5.50. The van der Waals surface area contributed by atoms with Crippen LogP contribution in [0.15, 0.2) is 36.7 Å². The van der Waals surface area contributed by atoms with Crippen LogP contribution in [0.1, 0.15) is 56.0 Å². The second kappa shape index (κ2) is 9.06. The number of pyridine rings is 1. The average Bonchev–Trinajstić information content (AvgIpc) is 3.27. The number of alkyl halides is 1. The predicted octanol–water partition coefficient (Wildman–Crippen LogP) is 2.98. The maximum Gasteiger partial charge on any atom is 0.255 e. The first-order valence-electron chi connectivity index (χ1n) is 12.4. The Labute approximate surface area is 219 Å². The molecule has 3 aliphatic rings. The third kappa shape index (κ3) is 4.45. The number of hydrogen-bond acceptors (Lipinski definition) is 7. The van der Waals surface area contributed by atoms with Crippen molar-refractivity contribution < 1.29 is 18.7 Å². The first kappa shape index (κ1) is 25.6. The molecule has 3 aliphatic carbocycles. The number of carbonyl (C=O) groups is 2. The molecule has 3 aromatic heterocycles. The molecule has 3 aromatic rings. The number of hydrogen-bond donors (Lipinski definition) is 3. The molecule has 0 spiro atoms. The molecular weight excluding hydrogens is 489 g/mol. The summed E-state index contributed by atoms with van der Waals surface area (Å²) in [5, 5.41) is 22.7. The van der Waals surface area contributed by atoms with E-state index >= 15 is 0 Å². The van der Waals surface area contributed by atoms with Gasteiger partial charge in [-0.05, 0) is 57.4 Å². The van der Waals surface area contributed by atoms with Crippen LogP contribution in [0, 0.1) is 11.3 Å². The minimum absolute atomic E-state index is 0.0588. The van der Waals surface area contributed by atoms with Crippen LogP contribution in [0.2, 0.25) is 0 Å². The van der Waals surface area contributed by atoms with Crippen LogP contribution in [0.3, 0.4) is 0 Å². The van der Waals surface area contributed by atoms with Gasteiger partial charge in [-0.2, -0.15) is 10.4 Å². The van der Waals surface area contributed by atoms with E-state index in [9.17, 15) is 19.2 Å². The second-order valence-electron chi connectivity index (χ2n) is 10.9. The highest BCUT2D eigenvalue weighted by molar-refractivity contribution is 6.00. The number of methoxy groups -OCH3 is 1. The van der Waals surface area contributed by atoms with Crippen LogP contribution >= 0.6 is 0 Å². The highest BCUT2D eigenvalue weighted by Gasteiger charge is 2.68. The molecule has 0 aliphatic heterocycles. The molecule has 1 atom stereocenters. The first-order valence-corrected chi connectivity index (χ1v) is 12.4. The number of nitriles is 1. The van der Waals surface area contributed by atoms with E-state index in [1.54, 1.807) is 30.5 Å². The molecule has 3 N–H and O–H groups in total. The molecule has 3 heterocycles. The number of halogens is 1. The number of carbonyl (C=O) groups excluding carboxylic acids is 2. The number of anilines is 1. The lowest BCUT2D eigenvalue weighted by molar-refractivity contribution is -0.131. The molecule has 0 unspecified atom stereocenters. The smallest absolute Gasteiger partial charge is 0.255 e. The predicted molar refractivity (Wildman–Crippen MR) is 138 cm³/mol. The summed E-state index contributed by atoms with van der Waals surface area (Å²) in [4.78, 5) is 29.3. The van der Waals surface area contributed by atoms with Gasteiger partial charge in [-0.3, -0.25) is 14.6 Å². The number of amides is 2. The fourth-order valence-electron chi connectivity index (χ4n) is 5.50. The van der Waals surface area contributed by atoms with Gasteiger partial charge in [0.1, 0.15) is 12.2 Å². The molecule has 38 heavy (non-hydrogen) atoms. The number of nitrogens with zero attached hydrogens (tertiary/aromatic N) is 4. The van der Waals surface area contributed by atoms with Gasteiger partial charge in [-0.15, -0.1) is 0 Å². The van der Waals surface area contributed by atoms with Gasteiger partial charge >= 0.3 is 0 Å². The van der Waals surface area contributed by atoms with Crippen molar-refractivity contribution in [2.45, 2.75) is 62.9 Å². The zero-order valence-corrected chi connectivity index (χ0v) is 21.8. The van der Waals surface area contributed by atoms with E-state index in [4.69, 9.17) is 4.74 Å². The van der Waals surface area contributed by atoms with Crippen molar-refractivity contribution in [3.63, 3.8) is 0 Å². The monoisotopic (exact) mass is 519 g/mol. The summed E-state index contributed by atoms with van der Waals surface area (Å²) < 4.78 is 21.5. The first-order chi connectivity index (χ1) is 18.0. The van der Waals surface area contributed by atoms with Crippen LogP contribution in [0.4, 0.5) is 10.1 Å². The van der Waals surface area contributed by atoms with E-state index in [0.29, 0.717) is 22.6 Å². The quantitative estimate of drug-likeness (QED) is 0.396. The minimum atomic E-state index is -1.41. The molecule has 3 saturated carbocycles. The Morgan fingerprint density at radius 1 is 1.24 bits per heavy atom. The molecule has 0 aromatic carbocycles. The lowest BCUT2D eigenvalue weighted by Crippen LogP contribution is -2.81. The minimum Gasteiger partial charge on any atom is -0.379 e. The molecular formula is C27H30FN7O3. The van der Waals surface area contributed by atoms with E-state index in [2.05, 4.69) is 32.1 Å². The van der Waals surface area contributed by atoms with Crippen molar-refractivity contribution in [3.05, 3.63) is 47.8 Å². The maximum absolute atomic E-state index is 14.7. The second-order valence-corrected chi connectivity index (χ2v) is 10.9. The highest BCUT2D eigenvalue weighted by atomic mass is 19.1. The van der Waals surface area contributed by atoms with E-state index in [1.165, 1.54) is 26.4 Å². The number of aromatic nitrogens is 3. The molecule has 6 rings (SSSR count). The SMILES string of the molecule is COC(C)(C)[C@H](F)CNC(=O)c1cnc(-c2ccc3cc(C#N)cnn23)cc1NC12CC(NC(C)=O)(C1)C2. The molecule has 0 saturated heterocycles. The molecule has 11 heteroatoms. The van der Waals surface area contributed by atoms with E-state index in [0.717, 1.165) is 24.8 Å². The Hall–Kier alpha value is -4.04. The van der Waals surface area contributed by atoms with Crippen molar-refractivity contribution in [2.24, 2.45) is 0 Å². The largest absolute Gasteiger partial charge is 0.379 e. The van der Waals surface area contributed by atoms with Crippen molar-refractivity contribution in [2.75, 3.05) is 19.0 Å². The highest BCUT2D eigenvalue weighted by Crippen LogP contribution is 2.62. The number of ether oxygens (including phenoxy) is 1. The van der Waals surface area contributed by atoms with Crippen molar-refractivity contribution in [1.29, 1.82) is 5.26 Å². The Morgan fingerprint density at radius 3 is 2.63 bits per heavy atom. The average molecular weight is 520 g/mol. The summed E-state index contributed by atoms with van der Waals surface area (Å²) in [6.07, 6.45) is 3.79. The molecule has 2 bridgehead atoms. The number of nitrogens with one attached hydrogen (secondary N) is 3. The zero-order valence-electron chi connectivity index (χ0n) is 21.8. The normalized spacial score (nSPS) is 22.5. The van der Waals surface area contributed by atoms with Gasteiger partial charge < -0.3 is 20.7 Å². The summed E-state index contributed by atoms with van der Waals surface area (Å²) in [6.45, 7) is 4.54. The summed E-state index contributed by atoms with van der Waals surface area (Å²) in [6, 6.07) is 9.29. The summed E-state index contributed by atoms with van der Waals surface area (Å²) >= 11 is 0. The Bertz CT molecular complexity index is 1460. The topological polar surface area (TPSA) is 133 Å². The van der Waals surface area contributed by atoms with E-state index < -0.39 is 17.7 Å². The van der Waals surface area contributed by atoms with Crippen LogP contribution in [0.5, 0.6) is 0 Å². The number of fused-ring (bicyclic) bond motifs is 1. The van der Waals surface area contributed by atoms with Gasteiger partial charge in [0.25, 0.3) is 5.91 Å². The van der Waals surface area contributed by atoms with Gasteiger partial charge in [0.15, 0.2) is 0 Å². The molecule has 10 nitrogen and oxygen atoms in total. The van der Waals surface area contributed by atoms with Gasteiger partial charge in [-0.25, -0.2) is 8.91 Å². The summed E-state index contributed by atoms with van der Waals surface area (Å²) in [5.41, 5.74) is 1.83. The summed E-state index contributed by atoms with van der Waals surface area (Å²) in [7, 11) is 1.43. The van der Waals surface area contributed by atoms with Crippen molar-refractivity contribution in [3.8, 4) is 17.5 Å². The summed E-state index contributed by atoms with van der Waals surface area (Å²) in [5.74, 6) is -0.516. The number of rotatable bonds is 9. The fraction of sp³-hybridized carbons (Fsp3) is 0.444. The van der Waals surface area contributed by atoms with Crippen LogP contribution in [-0.4, -0.2) is 62.9 Å². The van der Waals surface area contributed by atoms with Gasteiger partial charge in [0.2, 0.25) is 5.91 Å². The molecule has 2 amide bonds. The lowest BCUT2D eigenvalue weighted by atomic mass is 9.44. The van der Waals surface area contributed by atoms with Gasteiger partial charge in [0.05, 0.1) is 52.1 Å². The van der Waals surface area contributed by atoms with Crippen LogP contribution in [-0.2, 0) is 9.53 Å². The van der Waals surface area contributed by atoms with E-state index in [1.807, 2.05) is 12.1 Å². The van der Waals surface area contributed by atoms with Crippen LogP contribution in [0.25, 0.3) is 16.9 Å². The lowest BCUT2D eigenvalue weighted by Gasteiger charge is -2.70. The Balaban J connectivity index is 1.43. The molecule has 3 fully saturated rings. The zero-order chi connectivity index (χ0) is 27.3. The molecule has 198 valence electrons.